The van der Waals surface area contributed by atoms with E-state index in [2.05, 4.69) is 10.1 Å². The van der Waals surface area contributed by atoms with Crippen LogP contribution in [-0.4, -0.2) is 52.6 Å². The van der Waals surface area contributed by atoms with Crippen molar-refractivity contribution in [3.63, 3.8) is 0 Å². The quantitative estimate of drug-likeness (QED) is 0.313. The lowest BCUT2D eigenvalue weighted by molar-refractivity contribution is -0.180. The van der Waals surface area contributed by atoms with Crippen molar-refractivity contribution >= 4 is 18.0 Å². The van der Waals surface area contributed by atoms with Crippen molar-refractivity contribution in [1.29, 1.82) is 0 Å². The van der Waals surface area contributed by atoms with E-state index in [1.54, 1.807) is 20.8 Å². The second kappa shape index (κ2) is 10.1. The molecule has 0 saturated carbocycles. The fraction of sp³-hybridized carbons (Fsp3) is 0.812. The van der Waals surface area contributed by atoms with E-state index >= 15 is 0 Å². The van der Waals surface area contributed by atoms with Gasteiger partial charge in [-0.2, -0.15) is 0 Å². The van der Waals surface area contributed by atoms with Gasteiger partial charge in [-0.3, -0.25) is 0 Å². The second-order valence-corrected chi connectivity index (χ2v) is 6.48. The van der Waals surface area contributed by atoms with Crippen LogP contribution in [0.2, 0.25) is 0 Å². The van der Waals surface area contributed by atoms with Crippen LogP contribution in [-0.2, 0) is 19.1 Å². The molecule has 0 spiro atoms. The zero-order valence-corrected chi connectivity index (χ0v) is 14.9. The summed E-state index contributed by atoms with van der Waals surface area (Å²) in [5.41, 5.74) is -3.04. The van der Waals surface area contributed by atoms with E-state index in [0.29, 0.717) is 32.2 Å². The van der Waals surface area contributed by atoms with Crippen LogP contribution in [0.3, 0.4) is 0 Å². The number of nitrogens with one attached hydrogen (secondary N) is 1. The van der Waals surface area contributed by atoms with Gasteiger partial charge < -0.3 is 25.0 Å². The lowest BCUT2D eigenvalue weighted by Gasteiger charge is -2.21. The average molecular weight is 347 g/mol. The number of hydrogen-bond donors (Lipinski definition) is 3. The highest BCUT2D eigenvalue weighted by Gasteiger charge is 2.45. The third kappa shape index (κ3) is 8.71. The van der Waals surface area contributed by atoms with Gasteiger partial charge in [0.25, 0.3) is 5.60 Å². The number of hydrogen-bond acceptors (Lipinski definition) is 6. The third-order valence-electron chi connectivity index (χ3n) is 3.10. The van der Waals surface area contributed by atoms with E-state index in [1.165, 1.54) is 6.92 Å². The molecular formula is C16H29NO7. The predicted octanol–water partition coefficient (Wildman–Crippen LogP) is 1.84. The van der Waals surface area contributed by atoms with Crippen LogP contribution in [0.5, 0.6) is 0 Å². The number of carbonyl (C=O) groups is 3. The van der Waals surface area contributed by atoms with Crippen LogP contribution in [0.1, 0.15) is 59.8 Å². The molecule has 0 rings (SSSR count). The summed E-state index contributed by atoms with van der Waals surface area (Å²) < 4.78 is 9.68. The lowest BCUT2D eigenvalue weighted by atomic mass is 9.96. The van der Waals surface area contributed by atoms with Gasteiger partial charge in [0.15, 0.2) is 0 Å². The van der Waals surface area contributed by atoms with Crippen molar-refractivity contribution in [2.45, 2.75) is 71.0 Å². The summed E-state index contributed by atoms with van der Waals surface area (Å²) in [4.78, 5) is 34.0. The van der Waals surface area contributed by atoms with E-state index in [4.69, 9.17) is 9.84 Å². The van der Waals surface area contributed by atoms with Gasteiger partial charge in [0.2, 0.25) is 0 Å². The summed E-state index contributed by atoms with van der Waals surface area (Å²) in [6.45, 7) is 7.32. The summed E-state index contributed by atoms with van der Waals surface area (Å²) >= 11 is 0. The summed E-state index contributed by atoms with van der Waals surface area (Å²) in [5, 5.41) is 21.6. The molecular weight excluding hydrogens is 318 g/mol. The molecule has 0 heterocycles. The number of aliphatic hydroxyl groups is 1. The maximum atomic E-state index is 11.5. The Morgan fingerprint density at radius 3 is 2.12 bits per heavy atom. The van der Waals surface area contributed by atoms with Gasteiger partial charge in [-0.25, -0.2) is 14.4 Å². The zero-order valence-electron chi connectivity index (χ0n) is 14.9. The monoisotopic (exact) mass is 347 g/mol. The van der Waals surface area contributed by atoms with E-state index in [-0.39, 0.29) is 13.0 Å². The average Bonchev–Trinajstić information content (AvgIpc) is 2.44. The van der Waals surface area contributed by atoms with E-state index in [1.807, 2.05) is 0 Å². The number of carboxylic acids is 1. The number of alkyl carbamates (subject to hydrolysis) is 1. The predicted molar refractivity (Wildman–Crippen MR) is 86.5 cm³/mol. The Morgan fingerprint density at radius 1 is 1.04 bits per heavy atom. The smallest absolute Gasteiger partial charge is 0.407 e. The summed E-state index contributed by atoms with van der Waals surface area (Å²) in [5.74, 6) is -2.74. The molecule has 0 saturated heterocycles. The molecule has 8 heteroatoms. The molecule has 0 bridgehead atoms. The topological polar surface area (TPSA) is 122 Å². The van der Waals surface area contributed by atoms with Crippen molar-refractivity contribution in [3.8, 4) is 0 Å². The van der Waals surface area contributed by atoms with Crippen LogP contribution in [0.25, 0.3) is 0 Å². The number of unbranched alkanes of at least 4 members (excludes halogenated alkanes) is 3. The van der Waals surface area contributed by atoms with Gasteiger partial charge in [0, 0.05) is 6.54 Å². The maximum absolute atomic E-state index is 11.5. The molecule has 1 amide bonds. The molecule has 140 valence electrons. The molecule has 24 heavy (non-hydrogen) atoms. The second-order valence-electron chi connectivity index (χ2n) is 6.48. The fourth-order valence-corrected chi connectivity index (χ4v) is 1.91. The third-order valence-corrected chi connectivity index (χ3v) is 3.10. The first-order valence-corrected chi connectivity index (χ1v) is 8.12. The maximum Gasteiger partial charge on any atom is 0.407 e. The Kier molecular flexibility index (Phi) is 9.35. The van der Waals surface area contributed by atoms with Gasteiger partial charge in [0.05, 0.1) is 6.61 Å². The van der Waals surface area contributed by atoms with E-state index in [0.717, 1.165) is 0 Å². The fourth-order valence-electron chi connectivity index (χ4n) is 1.91. The minimum absolute atomic E-state index is 0.00472. The number of carboxylic acid groups (broad SMARTS) is 1. The zero-order chi connectivity index (χ0) is 18.8. The number of aliphatic carboxylic acids is 1. The van der Waals surface area contributed by atoms with Crippen molar-refractivity contribution < 1.29 is 34.1 Å². The minimum Gasteiger partial charge on any atom is -0.479 e. The van der Waals surface area contributed by atoms with E-state index in [9.17, 15) is 19.5 Å². The molecule has 0 aliphatic rings. The number of carbonyl (C=O) groups excluding carboxylic acids is 2. The molecule has 0 aliphatic heterocycles. The minimum atomic E-state index is -2.50. The molecule has 0 aromatic rings. The first-order chi connectivity index (χ1) is 11.0. The lowest BCUT2D eigenvalue weighted by Crippen LogP contribution is -2.47. The van der Waals surface area contributed by atoms with Crippen molar-refractivity contribution in [2.75, 3.05) is 13.2 Å². The van der Waals surface area contributed by atoms with Crippen molar-refractivity contribution in [1.82, 2.24) is 5.32 Å². The van der Waals surface area contributed by atoms with Gasteiger partial charge in [-0.1, -0.05) is 12.8 Å². The normalized spacial score (nSPS) is 13.7. The number of esters is 1. The molecule has 0 aromatic heterocycles. The molecule has 0 radical (unpaired) electrons. The highest BCUT2D eigenvalue weighted by molar-refractivity contribution is 6.02. The first-order valence-electron chi connectivity index (χ1n) is 8.12. The largest absolute Gasteiger partial charge is 0.479 e. The molecule has 0 aliphatic carbocycles. The number of amides is 1. The Labute approximate surface area is 142 Å². The Balaban J connectivity index is 3.98. The Bertz CT molecular complexity index is 431. The summed E-state index contributed by atoms with van der Waals surface area (Å²) in [6, 6.07) is 0. The van der Waals surface area contributed by atoms with Crippen molar-refractivity contribution in [3.05, 3.63) is 0 Å². The van der Waals surface area contributed by atoms with Gasteiger partial charge in [-0.05, 0) is 47.0 Å². The summed E-state index contributed by atoms with van der Waals surface area (Å²) in [7, 11) is 0. The molecule has 0 aromatic carbocycles. The molecule has 1 unspecified atom stereocenters. The van der Waals surface area contributed by atoms with Crippen LogP contribution in [0.4, 0.5) is 4.79 Å². The Morgan fingerprint density at radius 2 is 1.62 bits per heavy atom. The number of ether oxygens (including phenoxy) is 2. The molecule has 8 nitrogen and oxygen atoms in total. The van der Waals surface area contributed by atoms with Crippen molar-refractivity contribution in [2.24, 2.45) is 0 Å². The molecule has 0 fully saturated rings. The highest BCUT2D eigenvalue weighted by Crippen LogP contribution is 2.18. The van der Waals surface area contributed by atoms with Crippen LogP contribution in [0, 0.1) is 0 Å². The van der Waals surface area contributed by atoms with Crippen LogP contribution < -0.4 is 5.32 Å². The highest BCUT2D eigenvalue weighted by atomic mass is 16.6. The molecule has 3 N–H and O–H groups in total. The van der Waals surface area contributed by atoms with Crippen LogP contribution in [0.15, 0.2) is 0 Å². The van der Waals surface area contributed by atoms with Gasteiger partial charge >= 0.3 is 18.0 Å². The SMILES string of the molecule is CCOC(=O)C(O)(CCCCCCNC(=O)OC(C)(C)C)C(=O)O. The Hall–Kier alpha value is -1.83. The number of rotatable bonds is 10. The molecule has 1 atom stereocenters. The van der Waals surface area contributed by atoms with E-state index < -0.39 is 29.2 Å². The van der Waals surface area contributed by atoms with Gasteiger partial charge in [-0.15, -0.1) is 0 Å². The summed E-state index contributed by atoms with van der Waals surface area (Å²) in [6.07, 6.45) is 1.68. The standard InChI is InChI=1S/C16H29NO7/c1-5-23-13(20)16(22,12(18)19)10-8-6-7-9-11-17-14(21)24-15(2,3)4/h22H,5-11H2,1-4H3,(H,17,21)(H,18,19). The van der Waals surface area contributed by atoms with Crippen LogP contribution >= 0.6 is 0 Å². The first kappa shape index (κ1) is 22.2. The van der Waals surface area contributed by atoms with Gasteiger partial charge in [0.1, 0.15) is 5.60 Å².